The molecule has 0 radical (unpaired) electrons. The Bertz CT molecular complexity index is 574. The van der Waals surface area contributed by atoms with Crippen molar-refractivity contribution < 1.29 is 9.47 Å². The summed E-state index contributed by atoms with van der Waals surface area (Å²) in [5.74, 6) is 1.47. The van der Waals surface area contributed by atoms with E-state index in [4.69, 9.17) is 26.8 Å². The third kappa shape index (κ3) is 3.44. The van der Waals surface area contributed by atoms with E-state index in [2.05, 4.69) is 0 Å². The second kappa shape index (κ2) is 6.64. The highest BCUT2D eigenvalue weighted by molar-refractivity contribution is 6.30. The Hall–Kier alpha value is -1.71. The van der Waals surface area contributed by atoms with Crippen molar-refractivity contribution >= 4 is 11.6 Å². The summed E-state index contributed by atoms with van der Waals surface area (Å²) < 4.78 is 11.2. The van der Waals surface area contributed by atoms with E-state index < -0.39 is 0 Å². The lowest BCUT2D eigenvalue weighted by Gasteiger charge is -2.23. The van der Waals surface area contributed by atoms with Gasteiger partial charge in [-0.15, -0.1) is 0 Å². The van der Waals surface area contributed by atoms with Crippen LogP contribution in [0.25, 0.3) is 0 Å². The zero-order valence-electron chi connectivity index (χ0n) is 11.5. The van der Waals surface area contributed by atoms with E-state index in [0.717, 1.165) is 11.3 Å². The van der Waals surface area contributed by atoms with Crippen molar-refractivity contribution in [2.75, 3.05) is 7.11 Å². The topological polar surface area (TPSA) is 44.5 Å². The maximum absolute atomic E-state index is 6.26. The molecule has 2 rings (SSSR count). The zero-order chi connectivity index (χ0) is 14.5. The quantitative estimate of drug-likeness (QED) is 0.911. The van der Waals surface area contributed by atoms with Gasteiger partial charge < -0.3 is 15.2 Å². The molecule has 0 aliphatic heterocycles. The summed E-state index contributed by atoms with van der Waals surface area (Å²) in [5.41, 5.74) is 7.18. The number of nitrogens with two attached hydrogens (primary N) is 1. The van der Waals surface area contributed by atoms with Crippen LogP contribution in [0.2, 0.25) is 5.02 Å². The molecule has 0 bridgehead atoms. The summed E-state index contributed by atoms with van der Waals surface area (Å²) >= 11 is 5.94. The number of ether oxygens (including phenoxy) is 2. The second-order valence-electron chi connectivity index (χ2n) is 4.55. The maximum atomic E-state index is 6.26. The van der Waals surface area contributed by atoms with E-state index in [0.29, 0.717) is 10.8 Å². The van der Waals surface area contributed by atoms with Gasteiger partial charge in [-0.3, -0.25) is 0 Å². The van der Waals surface area contributed by atoms with Crippen LogP contribution < -0.4 is 15.2 Å². The standard InChI is InChI=1S/C16H18ClNO2/c1-11(20-13-7-5-6-12(17)10-13)16(18)14-8-3-4-9-15(14)19-2/h3-11,16H,18H2,1-2H3. The molecule has 0 aliphatic carbocycles. The normalized spacial score (nSPS) is 13.6. The number of hydrogen-bond acceptors (Lipinski definition) is 3. The number of hydrogen-bond donors (Lipinski definition) is 1. The predicted molar refractivity (Wildman–Crippen MR) is 81.5 cm³/mol. The molecular formula is C16H18ClNO2. The first-order valence-corrected chi connectivity index (χ1v) is 6.80. The van der Waals surface area contributed by atoms with Gasteiger partial charge in [-0.05, 0) is 31.2 Å². The van der Waals surface area contributed by atoms with Crippen molar-refractivity contribution in [1.82, 2.24) is 0 Å². The molecule has 2 N–H and O–H groups in total. The lowest BCUT2D eigenvalue weighted by atomic mass is 10.0. The van der Waals surface area contributed by atoms with Crippen molar-refractivity contribution in [3.63, 3.8) is 0 Å². The summed E-state index contributed by atoms with van der Waals surface area (Å²) in [5, 5.41) is 0.639. The Morgan fingerprint density at radius 2 is 1.85 bits per heavy atom. The summed E-state index contributed by atoms with van der Waals surface area (Å²) in [7, 11) is 1.63. The van der Waals surface area contributed by atoms with Crippen LogP contribution >= 0.6 is 11.6 Å². The van der Waals surface area contributed by atoms with E-state index in [-0.39, 0.29) is 12.1 Å². The fourth-order valence-corrected chi connectivity index (χ4v) is 2.20. The summed E-state index contributed by atoms with van der Waals surface area (Å²) in [6.07, 6.45) is -0.204. The molecule has 0 aliphatic rings. The number of halogens is 1. The molecule has 0 saturated heterocycles. The summed E-state index contributed by atoms with van der Waals surface area (Å²) in [6, 6.07) is 14.7. The van der Waals surface area contributed by atoms with Crippen molar-refractivity contribution in [3.05, 3.63) is 59.1 Å². The monoisotopic (exact) mass is 291 g/mol. The first kappa shape index (κ1) is 14.7. The van der Waals surface area contributed by atoms with Gasteiger partial charge in [0, 0.05) is 10.6 Å². The first-order valence-electron chi connectivity index (χ1n) is 6.42. The van der Waals surface area contributed by atoms with Gasteiger partial charge in [-0.2, -0.15) is 0 Å². The minimum atomic E-state index is -0.287. The van der Waals surface area contributed by atoms with Gasteiger partial charge in [0.25, 0.3) is 0 Å². The highest BCUT2D eigenvalue weighted by atomic mass is 35.5. The van der Waals surface area contributed by atoms with Gasteiger partial charge in [0.1, 0.15) is 17.6 Å². The van der Waals surface area contributed by atoms with E-state index in [1.807, 2.05) is 43.3 Å². The Morgan fingerprint density at radius 3 is 2.55 bits per heavy atom. The molecule has 0 fully saturated rings. The molecule has 0 amide bonds. The number of para-hydroxylation sites is 1. The van der Waals surface area contributed by atoms with Gasteiger partial charge in [0.05, 0.1) is 13.2 Å². The molecule has 0 aromatic heterocycles. The molecule has 2 aromatic carbocycles. The first-order chi connectivity index (χ1) is 9.61. The van der Waals surface area contributed by atoms with Crippen LogP contribution in [0, 0.1) is 0 Å². The average molecular weight is 292 g/mol. The van der Waals surface area contributed by atoms with Crippen molar-refractivity contribution in [2.24, 2.45) is 5.73 Å². The molecule has 0 spiro atoms. The Labute approximate surface area is 124 Å². The largest absolute Gasteiger partial charge is 0.496 e. The second-order valence-corrected chi connectivity index (χ2v) is 4.98. The van der Waals surface area contributed by atoms with Crippen LogP contribution in [0.15, 0.2) is 48.5 Å². The molecular weight excluding hydrogens is 274 g/mol. The Balaban J connectivity index is 2.14. The smallest absolute Gasteiger partial charge is 0.123 e. The molecule has 2 unspecified atom stereocenters. The van der Waals surface area contributed by atoms with Gasteiger partial charge in [0.15, 0.2) is 0 Å². The Morgan fingerprint density at radius 1 is 1.10 bits per heavy atom. The minimum Gasteiger partial charge on any atom is -0.496 e. The van der Waals surface area contributed by atoms with Gasteiger partial charge in [-0.25, -0.2) is 0 Å². The number of rotatable bonds is 5. The van der Waals surface area contributed by atoms with Crippen LogP contribution in [-0.2, 0) is 0 Å². The SMILES string of the molecule is COc1ccccc1C(N)C(C)Oc1cccc(Cl)c1. The predicted octanol–water partition coefficient (Wildman–Crippen LogP) is 3.82. The van der Waals surface area contributed by atoms with E-state index in [1.165, 1.54) is 0 Å². The fourth-order valence-electron chi connectivity index (χ4n) is 2.02. The van der Waals surface area contributed by atoms with Crippen LogP contribution in [0.1, 0.15) is 18.5 Å². The molecule has 106 valence electrons. The van der Waals surface area contributed by atoms with Gasteiger partial charge in [-0.1, -0.05) is 35.9 Å². The molecule has 0 saturated carbocycles. The number of benzene rings is 2. The lowest BCUT2D eigenvalue weighted by Crippen LogP contribution is -2.29. The molecule has 2 aromatic rings. The zero-order valence-corrected chi connectivity index (χ0v) is 12.3. The lowest BCUT2D eigenvalue weighted by molar-refractivity contribution is 0.188. The van der Waals surface area contributed by atoms with Crippen molar-refractivity contribution in [1.29, 1.82) is 0 Å². The third-order valence-electron chi connectivity index (χ3n) is 3.12. The molecule has 2 atom stereocenters. The highest BCUT2D eigenvalue weighted by Crippen LogP contribution is 2.28. The summed E-state index contributed by atoms with van der Waals surface area (Å²) in [6.45, 7) is 1.93. The fraction of sp³-hybridized carbons (Fsp3) is 0.250. The van der Waals surface area contributed by atoms with Crippen LogP contribution in [-0.4, -0.2) is 13.2 Å². The van der Waals surface area contributed by atoms with Gasteiger partial charge in [0.2, 0.25) is 0 Å². The molecule has 20 heavy (non-hydrogen) atoms. The third-order valence-corrected chi connectivity index (χ3v) is 3.36. The van der Waals surface area contributed by atoms with Crippen molar-refractivity contribution in [3.8, 4) is 11.5 Å². The minimum absolute atomic E-state index is 0.204. The highest BCUT2D eigenvalue weighted by Gasteiger charge is 2.19. The van der Waals surface area contributed by atoms with E-state index in [1.54, 1.807) is 19.2 Å². The Kier molecular flexibility index (Phi) is 4.88. The van der Waals surface area contributed by atoms with Gasteiger partial charge >= 0.3 is 0 Å². The number of methoxy groups -OCH3 is 1. The molecule has 0 heterocycles. The molecule has 3 nitrogen and oxygen atoms in total. The van der Waals surface area contributed by atoms with Crippen LogP contribution in [0.3, 0.4) is 0 Å². The van der Waals surface area contributed by atoms with Crippen LogP contribution in [0.5, 0.6) is 11.5 Å². The van der Waals surface area contributed by atoms with E-state index in [9.17, 15) is 0 Å². The van der Waals surface area contributed by atoms with Crippen LogP contribution in [0.4, 0.5) is 0 Å². The van der Waals surface area contributed by atoms with Crippen molar-refractivity contribution in [2.45, 2.75) is 19.1 Å². The summed E-state index contributed by atoms with van der Waals surface area (Å²) in [4.78, 5) is 0. The van der Waals surface area contributed by atoms with E-state index >= 15 is 0 Å². The maximum Gasteiger partial charge on any atom is 0.123 e. The average Bonchev–Trinajstić information content (AvgIpc) is 2.46. The molecule has 4 heteroatoms.